The molecule has 4 rings (SSSR count). The molecule has 3 aliphatic heterocycles. The van der Waals surface area contributed by atoms with Gasteiger partial charge in [-0.2, -0.15) is 0 Å². The van der Waals surface area contributed by atoms with E-state index in [0.29, 0.717) is 49.9 Å². The molecule has 2 fully saturated rings. The number of hydrogen-bond acceptors (Lipinski definition) is 6. The third-order valence-electron chi connectivity index (χ3n) is 4.45. The SMILES string of the molecule is O=C(C1CC(c2ccc(Cl)s2)=NO1)N1CCC2(CC1)OCCO2. The maximum absolute atomic E-state index is 12.6. The monoisotopic (exact) mass is 356 g/mol. The predicted molar refractivity (Wildman–Crippen MR) is 85.8 cm³/mol. The molecule has 124 valence electrons. The quantitative estimate of drug-likeness (QED) is 0.815. The van der Waals surface area contributed by atoms with Crippen LogP contribution >= 0.6 is 22.9 Å². The number of likely N-dealkylation sites (tertiary alicyclic amines) is 1. The minimum atomic E-state index is -0.537. The van der Waals surface area contributed by atoms with E-state index in [-0.39, 0.29) is 5.91 Å². The van der Waals surface area contributed by atoms with Gasteiger partial charge in [-0.3, -0.25) is 4.79 Å². The van der Waals surface area contributed by atoms with E-state index in [1.54, 1.807) is 0 Å². The summed E-state index contributed by atoms with van der Waals surface area (Å²) >= 11 is 7.39. The molecule has 0 saturated carbocycles. The van der Waals surface area contributed by atoms with Crippen molar-refractivity contribution in [2.45, 2.75) is 31.2 Å². The van der Waals surface area contributed by atoms with Crippen LogP contribution < -0.4 is 0 Å². The summed E-state index contributed by atoms with van der Waals surface area (Å²) in [5, 5.41) is 4.06. The van der Waals surface area contributed by atoms with Crippen LogP contribution in [0.25, 0.3) is 0 Å². The minimum absolute atomic E-state index is 0.0146. The first-order chi connectivity index (χ1) is 11.2. The molecule has 1 amide bonds. The molecule has 4 heterocycles. The van der Waals surface area contributed by atoms with E-state index in [1.165, 1.54) is 11.3 Å². The Kier molecular flexibility index (Phi) is 4.05. The van der Waals surface area contributed by atoms with E-state index < -0.39 is 11.9 Å². The van der Waals surface area contributed by atoms with Crippen molar-refractivity contribution in [3.05, 3.63) is 21.3 Å². The molecule has 1 spiro atoms. The molecule has 0 aromatic carbocycles. The molecule has 1 unspecified atom stereocenters. The number of rotatable bonds is 2. The molecule has 6 nitrogen and oxygen atoms in total. The molecular formula is C15H17ClN2O4S. The third kappa shape index (κ3) is 2.98. The smallest absolute Gasteiger partial charge is 0.266 e. The van der Waals surface area contributed by atoms with Crippen LogP contribution in [0.2, 0.25) is 4.34 Å². The highest BCUT2D eigenvalue weighted by Crippen LogP contribution is 2.32. The zero-order valence-corrected chi connectivity index (χ0v) is 14.1. The van der Waals surface area contributed by atoms with Crippen molar-refractivity contribution < 1.29 is 19.1 Å². The summed E-state index contributed by atoms with van der Waals surface area (Å²) in [6.07, 6.45) is 1.37. The average molecular weight is 357 g/mol. The molecule has 3 aliphatic rings. The molecule has 0 N–H and O–H groups in total. The second kappa shape index (κ2) is 6.05. The minimum Gasteiger partial charge on any atom is -0.382 e. The number of carbonyl (C=O) groups is 1. The van der Waals surface area contributed by atoms with Gasteiger partial charge >= 0.3 is 0 Å². The van der Waals surface area contributed by atoms with E-state index in [4.69, 9.17) is 25.9 Å². The van der Waals surface area contributed by atoms with Crippen molar-refractivity contribution >= 4 is 34.6 Å². The second-order valence-electron chi connectivity index (χ2n) is 5.87. The lowest BCUT2D eigenvalue weighted by Gasteiger charge is -2.38. The van der Waals surface area contributed by atoms with Gasteiger partial charge in [-0.15, -0.1) is 11.3 Å². The fraction of sp³-hybridized carbons (Fsp3) is 0.600. The lowest BCUT2D eigenvalue weighted by atomic mass is 10.0. The lowest BCUT2D eigenvalue weighted by molar-refractivity contribution is -0.189. The van der Waals surface area contributed by atoms with Gasteiger partial charge in [0.2, 0.25) is 6.10 Å². The summed E-state index contributed by atoms with van der Waals surface area (Å²) in [5.41, 5.74) is 0.788. The Balaban J connectivity index is 1.34. The number of thiophene rings is 1. The van der Waals surface area contributed by atoms with Crippen molar-refractivity contribution in [1.82, 2.24) is 4.90 Å². The first kappa shape index (κ1) is 15.4. The van der Waals surface area contributed by atoms with Gasteiger partial charge in [-0.05, 0) is 12.1 Å². The van der Waals surface area contributed by atoms with Crippen molar-refractivity contribution in [3.8, 4) is 0 Å². The zero-order chi connectivity index (χ0) is 15.9. The van der Waals surface area contributed by atoms with E-state index in [0.717, 1.165) is 10.6 Å². The van der Waals surface area contributed by atoms with Crippen LogP contribution in [0.1, 0.15) is 24.1 Å². The highest BCUT2D eigenvalue weighted by Gasteiger charge is 2.42. The number of hydrogen-bond donors (Lipinski definition) is 0. The number of carbonyl (C=O) groups excluding carboxylic acids is 1. The number of amides is 1. The highest BCUT2D eigenvalue weighted by atomic mass is 35.5. The number of ether oxygens (including phenoxy) is 2. The van der Waals surface area contributed by atoms with Gasteiger partial charge in [0.1, 0.15) is 5.71 Å². The molecule has 0 radical (unpaired) electrons. The lowest BCUT2D eigenvalue weighted by Crippen LogP contribution is -2.50. The normalized spacial score (nSPS) is 26.4. The molecule has 8 heteroatoms. The molecule has 0 bridgehead atoms. The first-order valence-corrected chi connectivity index (χ1v) is 8.90. The summed E-state index contributed by atoms with van der Waals surface area (Å²) in [6, 6.07) is 3.73. The van der Waals surface area contributed by atoms with Crippen LogP contribution in [-0.2, 0) is 19.1 Å². The Labute approximate surface area is 142 Å². The summed E-state index contributed by atoms with van der Waals surface area (Å²) < 4.78 is 12.1. The van der Waals surface area contributed by atoms with Gasteiger partial charge in [-0.1, -0.05) is 16.8 Å². The van der Waals surface area contributed by atoms with Crippen molar-refractivity contribution in [1.29, 1.82) is 0 Å². The van der Waals surface area contributed by atoms with Crippen LogP contribution in [0.3, 0.4) is 0 Å². The summed E-state index contributed by atoms with van der Waals surface area (Å²) in [6.45, 7) is 2.53. The Hall–Kier alpha value is -1.15. The molecule has 1 aromatic heterocycles. The van der Waals surface area contributed by atoms with E-state index in [1.807, 2.05) is 17.0 Å². The van der Waals surface area contributed by atoms with E-state index >= 15 is 0 Å². The maximum atomic E-state index is 12.6. The number of halogens is 1. The van der Waals surface area contributed by atoms with Gasteiger partial charge < -0.3 is 19.2 Å². The van der Waals surface area contributed by atoms with E-state index in [2.05, 4.69) is 5.16 Å². The number of piperidine rings is 1. The Morgan fingerprint density at radius 3 is 2.70 bits per heavy atom. The first-order valence-electron chi connectivity index (χ1n) is 7.70. The maximum Gasteiger partial charge on any atom is 0.266 e. The van der Waals surface area contributed by atoms with Crippen LogP contribution in [-0.4, -0.2) is 54.7 Å². The Bertz CT molecular complexity index is 631. The highest BCUT2D eigenvalue weighted by molar-refractivity contribution is 7.18. The zero-order valence-electron chi connectivity index (χ0n) is 12.5. The molecule has 1 atom stereocenters. The van der Waals surface area contributed by atoms with Crippen molar-refractivity contribution in [3.63, 3.8) is 0 Å². The predicted octanol–water partition coefficient (Wildman–Crippen LogP) is 2.26. The van der Waals surface area contributed by atoms with Crippen molar-refractivity contribution in [2.24, 2.45) is 5.16 Å². The Morgan fingerprint density at radius 2 is 2.04 bits per heavy atom. The number of nitrogens with zero attached hydrogens (tertiary/aromatic N) is 2. The molecular weight excluding hydrogens is 340 g/mol. The standard InChI is InChI=1S/C15H17ClN2O4S/c16-13-2-1-12(23-13)10-9-11(22-17-10)14(19)18-5-3-15(4-6-18)20-7-8-21-15/h1-2,11H,3-9H2. The Morgan fingerprint density at radius 1 is 1.30 bits per heavy atom. The van der Waals surface area contributed by atoms with Crippen molar-refractivity contribution in [2.75, 3.05) is 26.3 Å². The fourth-order valence-corrected chi connectivity index (χ4v) is 4.21. The molecule has 0 aliphatic carbocycles. The van der Waals surface area contributed by atoms with Gasteiger partial charge in [0.15, 0.2) is 5.79 Å². The second-order valence-corrected chi connectivity index (χ2v) is 7.59. The van der Waals surface area contributed by atoms with Gasteiger partial charge in [0, 0.05) is 32.4 Å². The largest absolute Gasteiger partial charge is 0.382 e. The van der Waals surface area contributed by atoms with E-state index in [9.17, 15) is 4.79 Å². The summed E-state index contributed by atoms with van der Waals surface area (Å²) in [5.74, 6) is -0.484. The van der Waals surface area contributed by atoms with Crippen LogP contribution in [0.5, 0.6) is 0 Å². The topological polar surface area (TPSA) is 60.4 Å². The molecule has 23 heavy (non-hydrogen) atoms. The molecule has 1 aromatic rings. The summed E-state index contributed by atoms with van der Waals surface area (Å²) in [4.78, 5) is 20.7. The average Bonchev–Trinajstić information content (AvgIpc) is 3.28. The van der Waals surface area contributed by atoms with Crippen LogP contribution in [0, 0.1) is 0 Å². The third-order valence-corrected chi connectivity index (χ3v) is 5.73. The van der Waals surface area contributed by atoms with Crippen LogP contribution in [0.15, 0.2) is 17.3 Å². The van der Waals surface area contributed by atoms with Crippen LogP contribution in [0.4, 0.5) is 0 Å². The van der Waals surface area contributed by atoms with Gasteiger partial charge in [0.25, 0.3) is 5.91 Å². The van der Waals surface area contributed by atoms with Gasteiger partial charge in [0.05, 0.1) is 22.4 Å². The molecule has 2 saturated heterocycles. The van der Waals surface area contributed by atoms with Gasteiger partial charge in [-0.25, -0.2) is 0 Å². The number of oxime groups is 1. The summed E-state index contributed by atoms with van der Waals surface area (Å²) in [7, 11) is 0. The fourth-order valence-electron chi connectivity index (χ4n) is 3.18.